The van der Waals surface area contributed by atoms with Crippen LogP contribution in [0, 0.1) is 11.7 Å². The molecule has 0 unspecified atom stereocenters. The first kappa shape index (κ1) is 15.8. The van der Waals surface area contributed by atoms with Gasteiger partial charge in [0.2, 0.25) is 5.03 Å². The van der Waals surface area contributed by atoms with Crippen molar-refractivity contribution in [3.05, 3.63) is 24.1 Å². The van der Waals surface area contributed by atoms with Crippen molar-refractivity contribution in [3.8, 4) is 0 Å². The Balaban J connectivity index is 2.21. The number of rotatable bonds is 4. The number of carbonyl (C=O) groups excluding carboxylic acids is 1. The number of aromatic nitrogens is 1. The molecule has 0 saturated carbocycles. The molecule has 116 valence electrons. The third-order valence-electron chi connectivity index (χ3n) is 3.31. The minimum Gasteiger partial charge on any atom is -0.466 e. The van der Waals surface area contributed by atoms with Gasteiger partial charge in [0.05, 0.1) is 12.5 Å². The van der Waals surface area contributed by atoms with Gasteiger partial charge in [-0.3, -0.25) is 4.79 Å². The van der Waals surface area contributed by atoms with E-state index in [-0.39, 0.29) is 19.7 Å². The molecular formula is C13H17FN2O4S. The SMILES string of the molecule is CCOC(=O)[C@@H]1CCCN(S(=O)(=O)c2ncccc2F)C1. The Bertz CT molecular complexity index is 620. The molecule has 0 aromatic carbocycles. The van der Waals surface area contributed by atoms with E-state index in [0.29, 0.717) is 12.8 Å². The molecule has 0 aliphatic carbocycles. The van der Waals surface area contributed by atoms with Crippen LogP contribution >= 0.6 is 0 Å². The summed E-state index contributed by atoms with van der Waals surface area (Å²) in [6.45, 7) is 2.18. The quantitative estimate of drug-likeness (QED) is 0.780. The molecule has 0 N–H and O–H groups in total. The standard InChI is InChI=1S/C13H17FN2O4S/c1-2-20-13(17)10-5-4-8-16(9-10)21(18,19)12-11(14)6-3-7-15-12/h3,6-7,10H,2,4-5,8-9H2,1H3/t10-/m1/s1. The molecule has 0 amide bonds. The van der Waals surface area contributed by atoms with Gasteiger partial charge in [-0.05, 0) is 31.9 Å². The van der Waals surface area contributed by atoms with Gasteiger partial charge in [-0.25, -0.2) is 17.8 Å². The molecule has 2 rings (SSSR count). The first-order valence-corrected chi connectivity index (χ1v) is 8.18. The number of pyridine rings is 1. The van der Waals surface area contributed by atoms with Crippen LogP contribution in [0.3, 0.4) is 0 Å². The van der Waals surface area contributed by atoms with Crippen molar-refractivity contribution >= 4 is 16.0 Å². The molecule has 8 heteroatoms. The van der Waals surface area contributed by atoms with E-state index in [1.54, 1.807) is 6.92 Å². The maximum atomic E-state index is 13.7. The summed E-state index contributed by atoms with van der Waals surface area (Å²) >= 11 is 0. The summed E-state index contributed by atoms with van der Waals surface area (Å²) in [4.78, 5) is 15.4. The van der Waals surface area contributed by atoms with Crippen LogP contribution in [-0.4, -0.2) is 43.4 Å². The van der Waals surface area contributed by atoms with Crippen LogP contribution in [0.4, 0.5) is 4.39 Å². The Morgan fingerprint density at radius 1 is 1.57 bits per heavy atom. The molecule has 6 nitrogen and oxygen atoms in total. The Hall–Kier alpha value is -1.54. The Kier molecular flexibility index (Phi) is 4.89. The van der Waals surface area contributed by atoms with Crippen molar-refractivity contribution in [3.63, 3.8) is 0 Å². The number of piperidine rings is 1. The van der Waals surface area contributed by atoms with Gasteiger partial charge >= 0.3 is 5.97 Å². The molecule has 1 aromatic rings. The summed E-state index contributed by atoms with van der Waals surface area (Å²) in [5.74, 6) is -1.82. The lowest BCUT2D eigenvalue weighted by Gasteiger charge is -2.30. The van der Waals surface area contributed by atoms with Crippen LogP contribution in [0.2, 0.25) is 0 Å². The fourth-order valence-corrected chi connectivity index (χ4v) is 3.80. The van der Waals surface area contributed by atoms with Gasteiger partial charge in [0, 0.05) is 19.3 Å². The normalized spacial score (nSPS) is 20.2. The molecule has 1 aromatic heterocycles. The summed E-state index contributed by atoms with van der Waals surface area (Å²) in [6, 6.07) is 2.37. The van der Waals surface area contributed by atoms with Crippen molar-refractivity contribution in [2.75, 3.05) is 19.7 Å². The monoisotopic (exact) mass is 316 g/mol. The van der Waals surface area contributed by atoms with Gasteiger partial charge in [0.1, 0.15) is 0 Å². The van der Waals surface area contributed by atoms with Crippen LogP contribution in [-0.2, 0) is 19.6 Å². The predicted molar refractivity (Wildman–Crippen MR) is 72.3 cm³/mol. The van der Waals surface area contributed by atoms with Crippen LogP contribution in [0.25, 0.3) is 0 Å². The van der Waals surface area contributed by atoms with Crippen molar-refractivity contribution < 1.29 is 22.3 Å². The van der Waals surface area contributed by atoms with Crippen molar-refractivity contribution in [2.24, 2.45) is 5.92 Å². The lowest BCUT2D eigenvalue weighted by molar-refractivity contribution is -0.149. The molecule has 1 atom stereocenters. The van der Waals surface area contributed by atoms with E-state index in [2.05, 4.69) is 4.98 Å². The number of esters is 1. The maximum Gasteiger partial charge on any atom is 0.310 e. The number of sulfonamides is 1. The Morgan fingerprint density at radius 3 is 3.00 bits per heavy atom. The van der Waals surface area contributed by atoms with E-state index >= 15 is 0 Å². The van der Waals surface area contributed by atoms with E-state index in [9.17, 15) is 17.6 Å². The highest BCUT2D eigenvalue weighted by Gasteiger charge is 2.35. The number of carbonyl (C=O) groups is 1. The van der Waals surface area contributed by atoms with E-state index in [1.807, 2.05) is 0 Å². The van der Waals surface area contributed by atoms with E-state index in [1.165, 1.54) is 12.3 Å². The van der Waals surface area contributed by atoms with E-state index < -0.39 is 32.8 Å². The molecule has 0 spiro atoms. The fourth-order valence-electron chi connectivity index (χ4n) is 2.30. The molecular weight excluding hydrogens is 299 g/mol. The van der Waals surface area contributed by atoms with Crippen LogP contribution in [0.1, 0.15) is 19.8 Å². The van der Waals surface area contributed by atoms with Crippen LogP contribution in [0.5, 0.6) is 0 Å². The zero-order valence-corrected chi connectivity index (χ0v) is 12.5. The lowest BCUT2D eigenvalue weighted by Crippen LogP contribution is -2.43. The third kappa shape index (κ3) is 3.38. The second-order valence-corrected chi connectivity index (χ2v) is 6.60. The van der Waals surface area contributed by atoms with Crippen LogP contribution in [0.15, 0.2) is 23.4 Å². The number of hydrogen-bond donors (Lipinski definition) is 0. The average molecular weight is 316 g/mol. The molecule has 2 heterocycles. The Labute approximate surface area is 123 Å². The van der Waals surface area contributed by atoms with Gasteiger partial charge in [0.15, 0.2) is 5.82 Å². The van der Waals surface area contributed by atoms with Crippen LogP contribution < -0.4 is 0 Å². The summed E-state index contributed by atoms with van der Waals surface area (Å²) in [6.07, 6.45) is 2.31. The summed E-state index contributed by atoms with van der Waals surface area (Å²) in [5, 5.41) is -0.602. The first-order valence-electron chi connectivity index (χ1n) is 6.74. The number of hydrogen-bond acceptors (Lipinski definition) is 5. The Morgan fingerprint density at radius 2 is 2.33 bits per heavy atom. The molecule has 1 aliphatic heterocycles. The topological polar surface area (TPSA) is 76.6 Å². The molecule has 1 fully saturated rings. The fraction of sp³-hybridized carbons (Fsp3) is 0.538. The summed E-state index contributed by atoms with van der Waals surface area (Å²) < 4.78 is 44.5. The van der Waals surface area contributed by atoms with Gasteiger partial charge in [-0.15, -0.1) is 0 Å². The third-order valence-corrected chi connectivity index (χ3v) is 5.11. The van der Waals surface area contributed by atoms with Crippen molar-refractivity contribution in [2.45, 2.75) is 24.8 Å². The average Bonchev–Trinajstić information content (AvgIpc) is 2.48. The number of halogens is 1. The summed E-state index contributed by atoms with van der Waals surface area (Å²) in [5.41, 5.74) is 0. The molecule has 1 saturated heterocycles. The second kappa shape index (κ2) is 6.48. The smallest absolute Gasteiger partial charge is 0.310 e. The zero-order valence-electron chi connectivity index (χ0n) is 11.7. The van der Waals surface area contributed by atoms with Crippen molar-refractivity contribution in [1.29, 1.82) is 0 Å². The molecule has 21 heavy (non-hydrogen) atoms. The predicted octanol–water partition coefficient (Wildman–Crippen LogP) is 1.18. The highest BCUT2D eigenvalue weighted by atomic mass is 32.2. The molecule has 0 bridgehead atoms. The number of ether oxygens (including phenoxy) is 1. The highest BCUT2D eigenvalue weighted by molar-refractivity contribution is 7.89. The van der Waals surface area contributed by atoms with Crippen molar-refractivity contribution in [1.82, 2.24) is 9.29 Å². The highest BCUT2D eigenvalue weighted by Crippen LogP contribution is 2.24. The van der Waals surface area contributed by atoms with Gasteiger partial charge in [-0.2, -0.15) is 4.31 Å². The minimum absolute atomic E-state index is 0.00280. The lowest BCUT2D eigenvalue weighted by atomic mass is 10.0. The molecule has 0 radical (unpaired) electrons. The number of nitrogens with zero attached hydrogens (tertiary/aromatic N) is 2. The largest absolute Gasteiger partial charge is 0.466 e. The minimum atomic E-state index is -4.03. The maximum absolute atomic E-state index is 13.7. The van der Waals surface area contributed by atoms with Gasteiger partial charge in [0.25, 0.3) is 10.0 Å². The zero-order chi connectivity index (χ0) is 15.5. The second-order valence-electron chi connectivity index (χ2n) is 4.74. The summed E-state index contributed by atoms with van der Waals surface area (Å²) in [7, 11) is -4.03. The van der Waals surface area contributed by atoms with Gasteiger partial charge in [-0.1, -0.05) is 0 Å². The van der Waals surface area contributed by atoms with E-state index in [0.717, 1.165) is 10.4 Å². The first-order chi connectivity index (χ1) is 9.96. The molecule has 1 aliphatic rings. The van der Waals surface area contributed by atoms with Gasteiger partial charge < -0.3 is 4.74 Å². The van der Waals surface area contributed by atoms with E-state index in [4.69, 9.17) is 4.74 Å².